The first kappa shape index (κ1) is 23.1. The van der Waals surface area contributed by atoms with Gasteiger partial charge >= 0.3 is 6.09 Å². The first-order valence-corrected chi connectivity index (χ1v) is 12.1. The second-order valence-corrected chi connectivity index (χ2v) is 9.99. The fraction of sp³-hybridized carbons (Fsp3) is 0.760. The lowest BCUT2D eigenvalue weighted by Gasteiger charge is -2.37. The predicted molar refractivity (Wildman–Crippen MR) is 123 cm³/mol. The van der Waals surface area contributed by atoms with Crippen molar-refractivity contribution in [3.8, 4) is 0 Å². The van der Waals surface area contributed by atoms with Crippen LogP contribution in [0.4, 0.5) is 10.6 Å². The molecule has 0 bridgehead atoms. The van der Waals surface area contributed by atoms with E-state index in [1.165, 1.54) is 50.6 Å². The zero-order valence-electron chi connectivity index (χ0n) is 19.5. The van der Waals surface area contributed by atoms with Gasteiger partial charge in [-0.1, -0.05) is 45.1 Å². The number of likely N-dealkylation sites (tertiary alicyclic amines) is 1. The van der Waals surface area contributed by atoms with Gasteiger partial charge in [0.1, 0.15) is 11.4 Å². The lowest BCUT2D eigenvalue weighted by Crippen LogP contribution is -2.45. The van der Waals surface area contributed by atoms with E-state index in [2.05, 4.69) is 17.9 Å². The highest BCUT2D eigenvalue weighted by Gasteiger charge is 2.32. The average molecular weight is 416 g/mol. The summed E-state index contributed by atoms with van der Waals surface area (Å²) in [5.41, 5.74) is 0.772. The van der Waals surface area contributed by atoms with Crippen LogP contribution in [0.1, 0.15) is 104 Å². The molecule has 1 aliphatic carbocycles. The Labute approximate surface area is 183 Å². The number of carbonyl (C=O) groups excluding carboxylic acids is 1. The smallest absolute Gasteiger partial charge is 0.416 e. The van der Waals surface area contributed by atoms with E-state index in [1.807, 2.05) is 37.9 Å². The Bertz CT molecular complexity index is 662. The van der Waals surface area contributed by atoms with E-state index < -0.39 is 5.60 Å². The summed E-state index contributed by atoms with van der Waals surface area (Å²) in [6.45, 7) is 10.4. The molecule has 168 valence electrons. The molecule has 1 saturated heterocycles. The minimum atomic E-state index is -0.508. The van der Waals surface area contributed by atoms with Gasteiger partial charge < -0.3 is 4.74 Å². The van der Waals surface area contributed by atoms with Gasteiger partial charge in [0.05, 0.1) is 0 Å². The van der Waals surface area contributed by atoms with Gasteiger partial charge in [-0.3, -0.25) is 9.80 Å². The lowest BCUT2D eigenvalue weighted by molar-refractivity contribution is 0.0556. The van der Waals surface area contributed by atoms with Crippen LogP contribution >= 0.6 is 0 Å². The summed E-state index contributed by atoms with van der Waals surface area (Å²) in [6, 6.07) is 4.87. The maximum Gasteiger partial charge on any atom is 0.416 e. The minimum absolute atomic E-state index is 0.183. The van der Waals surface area contributed by atoms with Gasteiger partial charge in [0.25, 0.3) is 0 Å². The predicted octanol–water partition coefficient (Wildman–Crippen LogP) is 6.48. The molecule has 0 spiro atoms. The third-order valence-electron chi connectivity index (χ3n) is 6.34. The molecule has 1 unspecified atom stereocenters. The van der Waals surface area contributed by atoms with Crippen LogP contribution in [0.15, 0.2) is 18.3 Å². The fourth-order valence-corrected chi connectivity index (χ4v) is 4.81. The molecule has 1 aliphatic heterocycles. The topological polar surface area (TPSA) is 45.7 Å². The van der Waals surface area contributed by atoms with Gasteiger partial charge in [-0.25, -0.2) is 9.78 Å². The number of hydrogen-bond acceptors (Lipinski definition) is 4. The Hall–Kier alpha value is -1.62. The van der Waals surface area contributed by atoms with Crippen molar-refractivity contribution in [3.63, 3.8) is 0 Å². The van der Waals surface area contributed by atoms with Crippen LogP contribution in [0.2, 0.25) is 0 Å². The van der Waals surface area contributed by atoms with Crippen molar-refractivity contribution in [2.45, 2.75) is 110 Å². The summed E-state index contributed by atoms with van der Waals surface area (Å²) in [5.74, 6) is 0.732. The molecule has 1 atom stereocenters. The van der Waals surface area contributed by atoms with Crippen LogP contribution in [0.3, 0.4) is 0 Å². The molecule has 2 heterocycles. The van der Waals surface area contributed by atoms with Crippen LogP contribution in [0.5, 0.6) is 0 Å². The van der Waals surface area contributed by atoms with Crippen molar-refractivity contribution >= 4 is 11.9 Å². The second kappa shape index (κ2) is 10.6. The molecule has 2 fully saturated rings. The summed E-state index contributed by atoms with van der Waals surface area (Å²) < 4.78 is 5.75. The number of hydrogen-bond donors (Lipinski definition) is 0. The third kappa shape index (κ3) is 6.19. The van der Waals surface area contributed by atoms with Gasteiger partial charge in [0.15, 0.2) is 0 Å². The Balaban J connectivity index is 1.79. The molecule has 3 rings (SSSR count). The van der Waals surface area contributed by atoms with Gasteiger partial charge in [0, 0.05) is 18.3 Å². The number of anilines is 1. The highest BCUT2D eigenvalue weighted by atomic mass is 16.6. The van der Waals surface area contributed by atoms with Crippen molar-refractivity contribution in [1.29, 1.82) is 0 Å². The van der Waals surface area contributed by atoms with Crippen LogP contribution in [0, 0.1) is 0 Å². The van der Waals surface area contributed by atoms with Gasteiger partial charge in [-0.05, 0) is 77.6 Å². The van der Waals surface area contributed by atoms with E-state index in [-0.39, 0.29) is 12.1 Å². The largest absolute Gasteiger partial charge is 0.443 e. The first-order chi connectivity index (χ1) is 14.4. The number of nitrogens with zero attached hydrogens (tertiary/aromatic N) is 3. The monoisotopic (exact) mass is 415 g/mol. The molecule has 1 aromatic rings. The van der Waals surface area contributed by atoms with Crippen LogP contribution in [0.25, 0.3) is 0 Å². The van der Waals surface area contributed by atoms with Gasteiger partial charge in [-0.15, -0.1) is 0 Å². The number of pyridine rings is 1. The summed E-state index contributed by atoms with van der Waals surface area (Å²) in [6.07, 6.45) is 13.6. The molecule has 2 aliphatic rings. The Morgan fingerprint density at radius 3 is 2.50 bits per heavy atom. The molecule has 5 heteroatoms. The third-order valence-corrected chi connectivity index (χ3v) is 6.34. The second-order valence-electron chi connectivity index (χ2n) is 9.99. The Morgan fingerprint density at radius 1 is 1.13 bits per heavy atom. The number of amides is 1. The zero-order chi connectivity index (χ0) is 21.6. The summed E-state index contributed by atoms with van der Waals surface area (Å²) in [4.78, 5) is 22.3. The van der Waals surface area contributed by atoms with Crippen LogP contribution in [-0.4, -0.2) is 40.7 Å². The maximum absolute atomic E-state index is 13.1. The van der Waals surface area contributed by atoms with Crippen molar-refractivity contribution in [3.05, 3.63) is 23.9 Å². The average Bonchev–Trinajstić information content (AvgIpc) is 2.73. The number of piperidine rings is 1. The van der Waals surface area contributed by atoms with Gasteiger partial charge in [0.2, 0.25) is 0 Å². The van der Waals surface area contributed by atoms with Crippen molar-refractivity contribution in [2.75, 3.05) is 18.0 Å². The summed E-state index contributed by atoms with van der Waals surface area (Å²) in [5, 5.41) is 0. The van der Waals surface area contributed by atoms with E-state index in [1.54, 1.807) is 0 Å². The Morgan fingerprint density at radius 2 is 1.87 bits per heavy atom. The zero-order valence-corrected chi connectivity index (χ0v) is 19.5. The number of unbranched alkanes of at least 4 members (excludes halogenated alkanes) is 1. The molecule has 1 amide bonds. The molecular weight excluding hydrogens is 374 g/mol. The SMILES string of the molecule is CCCCN1CCCCC1c1ccc(N(C(=O)OC(C)(C)C)C2CCCCC2)nc1. The van der Waals surface area contributed by atoms with E-state index in [0.717, 1.165) is 38.0 Å². The maximum atomic E-state index is 13.1. The number of ether oxygens (including phenoxy) is 1. The first-order valence-electron chi connectivity index (χ1n) is 12.1. The van der Waals surface area contributed by atoms with E-state index >= 15 is 0 Å². The van der Waals surface area contributed by atoms with Crippen molar-refractivity contribution in [2.24, 2.45) is 0 Å². The summed E-state index contributed by atoms with van der Waals surface area (Å²) >= 11 is 0. The van der Waals surface area contributed by atoms with Crippen LogP contribution < -0.4 is 4.90 Å². The number of carbonyl (C=O) groups is 1. The molecule has 5 nitrogen and oxygen atoms in total. The fourth-order valence-electron chi connectivity index (χ4n) is 4.81. The molecule has 1 saturated carbocycles. The highest BCUT2D eigenvalue weighted by Crippen LogP contribution is 2.33. The quantitative estimate of drug-likeness (QED) is 0.533. The normalized spacial score (nSPS) is 21.4. The van der Waals surface area contributed by atoms with Crippen molar-refractivity contribution in [1.82, 2.24) is 9.88 Å². The Kier molecular flexibility index (Phi) is 8.15. The molecule has 0 aromatic carbocycles. The molecule has 0 N–H and O–H groups in total. The van der Waals surface area contributed by atoms with Gasteiger partial charge in [-0.2, -0.15) is 0 Å². The van der Waals surface area contributed by atoms with E-state index in [0.29, 0.717) is 6.04 Å². The van der Waals surface area contributed by atoms with E-state index in [4.69, 9.17) is 9.72 Å². The number of aromatic nitrogens is 1. The lowest BCUT2D eigenvalue weighted by atomic mass is 9.94. The molecule has 1 aromatic heterocycles. The number of rotatable bonds is 6. The highest BCUT2D eigenvalue weighted by molar-refractivity contribution is 5.87. The molecule has 0 radical (unpaired) electrons. The summed E-state index contributed by atoms with van der Waals surface area (Å²) in [7, 11) is 0. The minimum Gasteiger partial charge on any atom is -0.443 e. The van der Waals surface area contributed by atoms with Crippen molar-refractivity contribution < 1.29 is 9.53 Å². The van der Waals surface area contributed by atoms with E-state index in [9.17, 15) is 4.79 Å². The molecular formula is C25H41N3O2. The molecule has 30 heavy (non-hydrogen) atoms. The van der Waals surface area contributed by atoms with Crippen LogP contribution in [-0.2, 0) is 4.74 Å². The standard InChI is InChI=1S/C25H41N3O2/c1-5-6-17-27-18-11-10-14-22(27)20-15-16-23(26-19-20)28(21-12-8-7-9-13-21)24(29)30-25(2,3)4/h15-16,19,21-22H,5-14,17-18H2,1-4H3.